The van der Waals surface area contributed by atoms with Gasteiger partial charge in [0, 0.05) is 0 Å². The minimum absolute atomic E-state index is 0.508. The summed E-state index contributed by atoms with van der Waals surface area (Å²) in [6.45, 7) is 6.65. The molecule has 108 valence electrons. The number of hydrogen-bond donors (Lipinski definition) is 1. The first kappa shape index (κ1) is 16.1. The Morgan fingerprint density at radius 2 is 1.37 bits per heavy atom. The Morgan fingerprint density at radius 1 is 0.789 bits per heavy atom. The monoisotopic (exact) mass is 262 g/mol. The number of phenols is 1. The fourth-order valence-corrected chi connectivity index (χ4v) is 2.71. The average Bonchev–Trinajstić information content (AvgIpc) is 2.41. The van der Waals surface area contributed by atoms with Gasteiger partial charge in [0.05, 0.1) is 0 Å². The van der Waals surface area contributed by atoms with Crippen molar-refractivity contribution in [3.8, 4) is 5.75 Å². The molecule has 1 heteroatoms. The molecule has 1 N–H and O–H groups in total. The zero-order valence-corrected chi connectivity index (χ0v) is 13.0. The van der Waals surface area contributed by atoms with Crippen LogP contribution in [-0.4, -0.2) is 5.11 Å². The highest BCUT2D eigenvalue weighted by molar-refractivity contribution is 5.44. The van der Waals surface area contributed by atoms with Gasteiger partial charge in [-0.05, 0) is 55.4 Å². The van der Waals surface area contributed by atoms with E-state index in [1.807, 2.05) is 6.07 Å². The molecular weight excluding hydrogens is 232 g/mol. The minimum atomic E-state index is 0.508. The van der Waals surface area contributed by atoms with Crippen LogP contribution in [0.15, 0.2) is 12.1 Å². The van der Waals surface area contributed by atoms with E-state index in [1.54, 1.807) is 0 Å². The Bertz CT molecular complexity index is 368. The van der Waals surface area contributed by atoms with Crippen LogP contribution in [0.3, 0.4) is 0 Å². The molecule has 1 rings (SSSR count). The Labute approximate surface area is 119 Å². The Hall–Kier alpha value is -0.980. The van der Waals surface area contributed by atoms with Crippen LogP contribution in [-0.2, 0) is 12.8 Å². The third-order valence-corrected chi connectivity index (χ3v) is 3.95. The van der Waals surface area contributed by atoms with Crippen LogP contribution in [0.1, 0.15) is 75.5 Å². The zero-order chi connectivity index (χ0) is 14.1. The van der Waals surface area contributed by atoms with Crippen molar-refractivity contribution in [3.63, 3.8) is 0 Å². The van der Waals surface area contributed by atoms with Gasteiger partial charge in [0.2, 0.25) is 0 Å². The number of aromatic hydroxyl groups is 1. The Kier molecular flexibility index (Phi) is 7.62. The molecule has 0 aliphatic rings. The predicted octanol–water partition coefficient (Wildman–Crippen LogP) is 5.56. The van der Waals surface area contributed by atoms with E-state index >= 15 is 0 Å². The van der Waals surface area contributed by atoms with Crippen LogP contribution >= 0.6 is 0 Å². The Morgan fingerprint density at radius 3 is 2.05 bits per heavy atom. The normalized spacial score (nSPS) is 10.9. The summed E-state index contributed by atoms with van der Waals surface area (Å²) in [5.74, 6) is 0.508. The molecule has 1 aromatic carbocycles. The van der Waals surface area contributed by atoms with Gasteiger partial charge in [0.1, 0.15) is 5.75 Å². The minimum Gasteiger partial charge on any atom is -0.508 e. The molecule has 19 heavy (non-hydrogen) atoms. The molecule has 1 nitrogen and oxygen atoms in total. The predicted molar refractivity (Wildman–Crippen MR) is 83.9 cm³/mol. The summed E-state index contributed by atoms with van der Waals surface area (Å²) in [6.07, 6.45) is 11.0. The summed E-state index contributed by atoms with van der Waals surface area (Å²) >= 11 is 0. The van der Waals surface area contributed by atoms with E-state index in [2.05, 4.69) is 26.8 Å². The molecule has 0 bridgehead atoms. The maximum Gasteiger partial charge on any atom is 0.119 e. The van der Waals surface area contributed by atoms with E-state index < -0.39 is 0 Å². The lowest BCUT2D eigenvalue weighted by molar-refractivity contribution is 0.464. The van der Waals surface area contributed by atoms with Gasteiger partial charge < -0.3 is 5.11 Å². The second-order valence-corrected chi connectivity index (χ2v) is 5.63. The average molecular weight is 262 g/mol. The molecule has 0 aliphatic heterocycles. The van der Waals surface area contributed by atoms with Gasteiger partial charge in [-0.3, -0.25) is 0 Å². The third-order valence-electron chi connectivity index (χ3n) is 3.95. The van der Waals surface area contributed by atoms with Crippen LogP contribution in [0.4, 0.5) is 0 Å². The standard InChI is InChI=1S/C18H30O/c1-4-6-8-10-12-17-16(11-9-7-5-2)15(3)13-14-18(17)19/h13-14,19H,4-12H2,1-3H3. The molecule has 0 radical (unpaired) electrons. The third kappa shape index (κ3) is 5.26. The largest absolute Gasteiger partial charge is 0.508 e. The molecule has 1 aromatic rings. The maximum atomic E-state index is 10.1. The van der Waals surface area contributed by atoms with Crippen molar-refractivity contribution >= 4 is 0 Å². The topological polar surface area (TPSA) is 20.2 Å². The number of phenolic OH excluding ortho intramolecular Hbond substituents is 1. The molecule has 0 heterocycles. The van der Waals surface area contributed by atoms with E-state index in [0.29, 0.717) is 5.75 Å². The van der Waals surface area contributed by atoms with Gasteiger partial charge in [0.15, 0.2) is 0 Å². The van der Waals surface area contributed by atoms with E-state index in [-0.39, 0.29) is 0 Å². The molecule has 0 spiro atoms. The molecule has 0 saturated heterocycles. The van der Waals surface area contributed by atoms with Crippen molar-refractivity contribution in [2.45, 2.75) is 78.6 Å². The van der Waals surface area contributed by atoms with Gasteiger partial charge in [-0.1, -0.05) is 52.0 Å². The lowest BCUT2D eigenvalue weighted by Gasteiger charge is -2.14. The van der Waals surface area contributed by atoms with Gasteiger partial charge in [-0.2, -0.15) is 0 Å². The summed E-state index contributed by atoms with van der Waals surface area (Å²) in [6, 6.07) is 3.93. The Balaban J connectivity index is 2.71. The van der Waals surface area contributed by atoms with Gasteiger partial charge in [-0.25, -0.2) is 0 Å². The fraction of sp³-hybridized carbons (Fsp3) is 0.667. The molecule has 0 atom stereocenters. The second kappa shape index (κ2) is 9.01. The number of benzene rings is 1. The molecule has 0 aromatic heterocycles. The summed E-state index contributed by atoms with van der Waals surface area (Å²) in [4.78, 5) is 0. The molecule has 0 fully saturated rings. The quantitative estimate of drug-likeness (QED) is 0.578. The van der Waals surface area contributed by atoms with E-state index in [4.69, 9.17) is 0 Å². The fourth-order valence-electron chi connectivity index (χ4n) is 2.71. The molecule has 0 unspecified atom stereocenters. The molecule has 0 aliphatic carbocycles. The summed E-state index contributed by atoms with van der Waals surface area (Å²) in [5, 5.41) is 10.1. The lowest BCUT2D eigenvalue weighted by atomic mass is 9.92. The van der Waals surface area contributed by atoms with Crippen molar-refractivity contribution in [1.29, 1.82) is 0 Å². The summed E-state index contributed by atoms with van der Waals surface area (Å²) in [7, 11) is 0. The lowest BCUT2D eigenvalue weighted by Crippen LogP contribution is -1.99. The zero-order valence-electron chi connectivity index (χ0n) is 13.0. The van der Waals surface area contributed by atoms with Crippen molar-refractivity contribution in [2.75, 3.05) is 0 Å². The van der Waals surface area contributed by atoms with E-state index in [0.717, 1.165) is 12.8 Å². The highest BCUT2D eigenvalue weighted by Crippen LogP contribution is 2.28. The van der Waals surface area contributed by atoms with E-state index in [1.165, 1.54) is 61.6 Å². The van der Waals surface area contributed by atoms with Crippen molar-refractivity contribution in [1.82, 2.24) is 0 Å². The maximum absolute atomic E-state index is 10.1. The SMILES string of the molecule is CCCCCCc1c(O)ccc(C)c1CCCCC. The van der Waals surface area contributed by atoms with Crippen LogP contribution in [0, 0.1) is 6.92 Å². The summed E-state index contributed by atoms with van der Waals surface area (Å²) < 4.78 is 0. The van der Waals surface area contributed by atoms with Gasteiger partial charge >= 0.3 is 0 Å². The smallest absolute Gasteiger partial charge is 0.119 e. The van der Waals surface area contributed by atoms with Crippen LogP contribution in [0.2, 0.25) is 0 Å². The van der Waals surface area contributed by atoms with Crippen molar-refractivity contribution in [2.24, 2.45) is 0 Å². The highest BCUT2D eigenvalue weighted by atomic mass is 16.3. The van der Waals surface area contributed by atoms with Crippen LogP contribution < -0.4 is 0 Å². The van der Waals surface area contributed by atoms with Crippen LogP contribution in [0.25, 0.3) is 0 Å². The van der Waals surface area contributed by atoms with Crippen molar-refractivity contribution in [3.05, 3.63) is 28.8 Å². The van der Waals surface area contributed by atoms with E-state index in [9.17, 15) is 5.11 Å². The molecular formula is C18H30O. The van der Waals surface area contributed by atoms with Crippen molar-refractivity contribution < 1.29 is 5.11 Å². The number of hydrogen-bond acceptors (Lipinski definition) is 1. The van der Waals surface area contributed by atoms with Gasteiger partial charge in [0.25, 0.3) is 0 Å². The number of unbranched alkanes of at least 4 members (excludes halogenated alkanes) is 5. The number of aryl methyl sites for hydroxylation is 1. The molecule has 0 saturated carbocycles. The first-order chi connectivity index (χ1) is 9.20. The summed E-state index contributed by atoms with van der Waals surface area (Å²) in [5.41, 5.74) is 3.97. The van der Waals surface area contributed by atoms with Gasteiger partial charge in [-0.15, -0.1) is 0 Å². The van der Waals surface area contributed by atoms with Crippen LogP contribution in [0.5, 0.6) is 5.75 Å². The number of rotatable bonds is 9. The molecule has 0 amide bonds. The highest BCUT2D eigenvalue weighted by Gasteiger charge is 2.10. The first-order valence-electron chi connectivity index (χ1n) is 8.01. The first-order valence-corrected chi connectivity index (χ1v) is 8.01. The second-order valence-electron chi connectivity index (χ2n) is 5.63.